The molecule has 5 heteroatoms. The number of anilines is 6. The minimum Gasteiger partial charge on any atom is -0.309 e. The summed E-state index contributed by atoms with van der Waals surface area (Å²) in [6, 6.07) is 88.6. The predicted octanol–water partition coefficient (Wildman–Crippen LogP) is 16.8. The summed E-state index contributed by atoms with van der Waals surface area (Å²) < 4.78 is 0. The molecule has 2 aliphatic heterocycles. The zero-order chi connectivity index (χ0) is 45.0. The lowest BCUT2D eigenvalue weighted by Gasteiger charge is -2.28. The van der Waals surface area contributed by atoms with Gasteiger partial charge in [-0.3, -0.25) is 0 Å². The zero-order valence-corrected chi connectivity index (χ0v) is 36.9. The van der Waals surface area contributed by atoms with Crippen LogP contribution in [0, 0.1) is 0 Å². The summed E-state index contributed by atoms with van der Waals surface area (Å²) >= 11 is 0. The van der Waals surface area contributed by atoms with E-state index in [0.29, 0.717) is 17.5 Å². The molecule has 0 spiro atoms. The van der Waals surface area contributed by atoms with Gasteiger partial charge in [0.2, 0.25) is 0 Å². The maximum atomic E-state index is 5.13. The Morgan fingerprint density at radius 3 is 0.926 bits per heavy atom. The Balaban J connectivity index is 0.992. The van der Waals surface area contributed by atoms with E-state index >= 15 is 0 Å². The normalized spacial score (nSPS) is 12.1. The van der Waals surface area contributed by atoms with E-state index in [9.17, 15) is 0 Å². The van der Waals surface area contributed by atoms with E-state index in [-0.39, 0.29) is 0 Å². The highest BCUT2D eigenvalue weighted by molar-refractivity contribution is 6.06. The minimum atomic E-state index is 0.618. The largest absolute Gasteiger partial charge is 0.309 e. The lowest BCUT2D eigenvalue weighted by Crippen LogP contribution is -2.11. The Kier molecular flexibility index (Phi) is 9.43. The first-order chi connectivity index (χ1) is 33.7. The summed E-state index contributed by atoms with van der Waals surface area (Å²) in [6.45, 7) is 0. The summed E-state index contributed by atoms with van der Waals surface area (Å²) in [5.74, 6) is 1.88. The van der Waals surface area contributed by atoms with E-state index in [1.807, 2.05) is 60.7 Å². The molecule has 0 saturated carbocycles. The van der Waals surface area contributed by atoms with Crippen molar-refractivity contribution in [1.82, 2.24) is 15.0 Å². The van der Waals surface area contributed by atoms with Crippen LogP contribution in [0.3, 0.4) is 0 Å². The van der Waals surface area contributed by atoms with Gasteiger partial charge in [-0.2, -0.15) is 0 Å². The monoisotopic (exact) mass is 867 g/mol. The number of hydrogen-bond donors (Lipinski definition) is 0. The van der Waals surface area contributed by atoms with Crippen LogP contribution < -0.4 is 9.80 Å². The molecule has 10 aromatic carbocycles. The molecule has 0 radical (unpaired) electrons. The van der Waals surface area contributed by atoms with Crippen molar-refractivity contribution in [3.63, 3.8) is 0 Å². The van der Waals surface area contributed by atoms with Crippen LogP contribution >= 0.6 is 0 Å². The molecule has 2 aliphatic rings. The quantitative estimate of drug-likeness (QED) is 0.167. The van der Waals surface area contributed by atoms with Crippen LogP contribution in [0.2, 0.25) is 0 Å². The van der Waals surface area contributed by atoms with Gasteiger partial charge in [0.25, 0.3) is 0 Å². The maximum absolute atomic E-state index is 5.13. The standard InChI is InChI=1S/C63H41N5/c1-5-19-42(20-6-1)61-64-62(43-21-7-2-8-22-43)66-63(65-61)46-35-38-60-56(41-46)52-30-16-15-29-51(52)55-40-45(34-37-59(55)68(60)48-25-11-4-12-26-48)44-33-36-58-54(39-44)50-28-14-13-27-49(50)53-31-17-18-32-57(53)67(58)47-23-9-3-10-24-47/h1-41H. The smallest absolute Gasteiger partial charge is 0.164 e. The molecular formula is C63H41N5. The third-order valence-electron chi connectivity index (χ3n) is 13.2. The number of aromatic nitrogens is 3. The van der Waals surface area contributed by atoms with E-state index in [1.165, 1.54) is 22.3 Å². The molecule has 0 atom stereocenters. The van der Waals surface area contributed by atoms with Gasteiger partial charge in [0, 0.05) is 50.3 Å². The molecule has 0 unspecified atom stereocenters. The highest BCUT2D eigenvalue weighted by Crippen LogP contribution is 2.54. The second-order valence-corrected chi connectivity index (χ2v) is 17.2. The van der Waals surface area contributed by atoms with Crippen LogP contribution in [-0.4, -0.2) is 15.0 Å². The van der Waals surface area contributed by atoms with E-state index in [1.54, 1.807) is 0 Å². The predicted molar refractivity (Wildman–Crippen MR) is 280 cm³/mol. The van der Waals surface area contributed by atoms with Crippen LogP contribution in [0.25, 0.3) is 89.8 Å². The lowest BCUT2D eigenvalue weighted by molar-refractivity contribution is 1.07. The molecule has 68 heavy (non-hydrogen) atoms. The third kappa shape index (κ3) is 6.68. The molecular weight excluding hydrogens is 827 g/mol. The van der Waals surface area contributed by atoms with Gasteiger partial charge in [-0.05, 0) is 106 Å². The highest BCUT2D eigenvalue weighted by Gasteiger charge is 2.29. The van der Waals surface area contributed by atoms with Crippen molar-refractivity contribution in [2.45, 2.75) is 0 Å². The van der Waals surface area contributed by atoms with Gasteiger partial charge in [0.1, 0.15) is 0 Å². The number of para-hydroxylation sites is 3. The molecule has 11 aromatic rings. The number of benzene rings is 10. The molecule has 0 N–H and O–H groups in total. The van der Waals surface area contributed by atoms with Crippen LogP contribution in [-0.2, 0) is 0 Å². The second kappa shape index (κ2) is 16.4. The SMILES string of the molecule is c1ccc(-c2nc(-c3ccccc3)nc(-c3ccc4c(c3)-c3ccccc3-c3cc(-c5ccc6c(c5)-c5ccccc5-c5ccccc5N6c5ccccc5)ccc3N4c3ccccc3)n2)cc1. The van der Waals surface area contributed by atoms with E-state index in [4.69, 9.17) is 15.0 Å². The van der Waals surface area contributed by atoms with Crippen molar-refractivity contribution in [1.29, 1.82) is 0 Å². The molecule has 0 amide bonds. The van der Waals surface area contributed by atoms with Crippen LogP contribution in [0.4, 0.5) is 34.1 Å². The van der Waals surface area contributed by atoms with E-state index < -0.39 is 0 Å². The minimum absolute atomic E-state index is 0.618. The molecule has 13 rings (SSSR count). The van der Waals surface area contributed by atoms with Crippen molar-refractivity contribution in [3.8, 4) is 89.8 Å². The Bertz CT molecular complexity index is 3630. The Morgan fingerprint density at radius 1 is 0.206 bits per heavy atom. The Hall–Kier alpha value is -9.19. The Labute approximate surface area is 395 Å². The van der Waals surface area contributed by atoms with Crippen LogP contribution in [0.1, 0.15) is 0 Å². The topological polar surface area (TPSA) is 45.2 Å². The summed E-state index contributed by atoms with van der Waals surface area (Å²) in [5, 5.41) is 0. The molecule has 0 aliphatic carbocycles. The maximum Gasteiger partial charge on any atom is 0.164 e. The summed E-state index contributed by atoms with van der Waals surface area (Å²) in [6.07, 6.45) is 0. The van der Waals surface area contributed by atoms with Gasteiger partial charge in [-0.25, -0.2) is 15.0 Å². The first kappa shape index (κ1) is 39.2. The average Bonchev–Trinajstić information content (AvgIpc) is 3.62. The number of hydrogen-bond acceptors (Lipinski definition) is 5. The van der Waals surface area contributed by atoms with Gasteiger partial charge in [0.15, 0.2) is 17.5 Å². The summed E-state index contributed by atoms with van der Waals surface area (Å²) in [4.78, 5) is 20.1. The first-order valence-electron chi connectivity index (χ1n) is 23.0. The molecule has 1 aromatic heterocycles. The molecule has 3 heterocycles. The van der Waals surface area contributed by atoms with E-state index in [2.05, 4.69) is 198 Å². The molecule has 5 nitrogen and oxygen atoms in total. The number of nitrogens with zero attached hydrogens (tertiary/aromatic N) is 5. The average molecular weight is 868 g/mol. The second-order valence-electron chi connectivity index (χ2n) is 17.2. The van der Waals surface area contributed by atoms with Crippen molar-refractivity contribution in [2.24, 2.45) is 0 Å². The highest BCUT2D eigenvalue weighted by atomic mass is 15.2. The fourth-order valence-electron chi connectivity index (χ4n) is 10.0. The van der Waals surface area contributed by atoms with Crippen molar-refractivity contribution < 1.29 is 0 Å². The van der Waals surface area contributed by atoms with Gasteiger partial charge >= 0.3 is 0 Å². The van der Waals surface area contributed by atoms with Gasteiger partial charge in [0.05, 0.1) is 22.7 Å². The summed E-state index contributed by atoms with van der Waals surface area (Å²) in [5.41, 5.74) is 21.1. The summed E-state index contributed by atoms with van der Waals surface area (Å²) in [7, 11) is 0. The number of rotatable bonds is 6. The van der Waals surface area contributed by atoms with E-state index in [0.717, 1.165) is 84.2 Å². The lowest BCUT2D eigenvalue weighted by atomic mass is 9.90. The molecule has 0 fully saturated rings. The van der Waals surface area contributed by atoms with Crippen molar-refractivity contribution >= 4 is 34.1 Å². The fraction of sp³-hybridized carbons (Fsp3) is 0. The molecule has 318 valence electrons. The third-order valence-corrected chi connectivity index (χ3v) is 13.2. The van der Waals surface area contributed by atoms with Gasteiger partial charge < -0.3 is 9.80 Å². The fourth-order valence-corrected chi connectivity index (χ4v) is 10.0. The van der Waals surface area contributed by atoms with Gasteiger partial charge in [-0.15, -0.1) is 0 Å². The van der Waals surface area contributed by atoms with Crippen molar-refractivity contribution in [2.75, 3.05) is 9.80 Å². The molecule has 0 saturated heterocycles. The van der Waals surface area contributed by atoms with Crippen LogP contribution in [0.15, 0.2) is 249 Å². The van der Waals surface area contributed by atoms with Gasteiger partial charge in [-0.1, -0.05) is 176 Å². The Morgan fingerprint density at radius 2 is 0.500 bits per heavy atom. The zero-order valence-electron chi connectivity index (χ0n) is 36.9. The first-order valence-corrected chi connectivity index (χ1v) is 23.0. The number of fused-ring (bicyclic) bond motifs is 10. The van der Waals surface area contributed by atoms with Crippen LogP contribution in [0.5, 0.6) is 0 Å². The molecule has 0 bridgehead atoms. The van der Waals surface area contributed by atoms with Crippen molar-refractivity contribution in [3.05, 3.63) is 249 Å².